The number of ether oxygens (including phenoxy) is 2. The summed E-state index contributed by atoms with van der Waals surface area (Å²) in [6, 6.07) is -0.929. The van der Waals surface area contributed by atoms with Gasteiger partial charge in [-0.2, -0.15) is 31.9 Å². The number of nitrogens with one attached hydrogen (secondary N) is 1. The van der Waals surface area contributed by atoms with Gasteiger partial charge in [-0.05, 0) is 13.8 Å². The standard InChI is InChI=1S/C10H13F5N4O2/c1-3-16-6-17-7(20-4-2)19-8(18-6)21-5-9(11,12)10(13,14)15/h3-5H2,1-2H3,(H,16,17,18,19). The van der Waals surface area contributed by atoms with Gasteiger partial charge in [-0.15, -0.1) is 4.98 Å². The highest BCUT2D eigenvalue weighted by molar-refractivity contribution is 5.27. The first-order valence-electron chi connectivity index (χ1n) is 5.89. The van der Waals surface area contributed by atoms with Gasteiger partial charge in [0, 0.05) is 6.54 Å². The minimum Gasteiger partial charge on any atom is -0.464 e. The molecule has 0 aliphatic rings. The summed E-state index contributed by atoms with van der Waals surface area (Å²) in [4.78, 5) is 10.8. The van der Waals surface area contributed by atoms with Gasteiger partial charge in [0.15, 0.2) is 6.61 Å². The van der Waals surface area contributed by atoms with E-state index >= 15 is 0 Å². The van der Waals surface area contributed by atoms with E-state index in [-0.39, 0.29) is 18.6 Å². The monoisotopic (exact) mass is 316 g/mol. The molecule has 0 unspecified atom stereocenters. The fourth-order valence-corrected chi connectivity index (χ4v) is 1.07. The first-order valence-corrected chi connectivity index (χ1v) is 5.89. The van der Waals surface area contributed by atoms with Gasteiger partial charge < -0.3 is 14.8 Å². The summed E-state index contributed by atoms with van der Waals surface area (Å²) in [6.45, 7) is 1.97. The topological polar surface area (TPSA) is 69.2 Å². The van der Waals surface area contributed by atoms with Gasteiger partial charge in [-0.3, -0.25) is 0 Å². The Morgan fingerprint density at radius 1 is 0.952 bits per heavy atom. The van der Waals surface area contributed by atoms with E-state index in [4.69, 9.17) is 4.74 Å². The van der Waals surface area contributed by atoms with E-state index in [2.05, 4.69) is 25.0 Å². The molecule has 0 bridgehead atoms. The maximum atomic E-state index is 12.7. The van der Waals surface area contributed by atoms with Crippen LogP contribution >= 0.6 is 0 Å². The summed E-state index contributed by atoms with van der Waals surface area (Å²) in [7, 11) is 0. The molecule has 0 spiro atoms. The molecule has 11 heteroatoms. The summed E-state index contributed by atoms with van der Waals surface area (Å²) < 4.78 is 70.8. The fourth-order valence-electron chi connectivity index (χ4n) is 1.07. The van der Waals surface area contributed by atoms with E-state index in [0.29, 0.717) is 6.54 Å². The minimum atomic E-state index is -5.72. The molecule has 6 nitrogen and oxygen atoms in total. The summed E-state index contributed by atoms with van der Waals surface area (Å²) >= 11 is 0. The van der Waals surface area contributed by atoms with E-state index in [9.17, 15) is 22.0 Å². The fraction of sp³-hybridized carbons (Fsp3) is 0.700. The number of alkyl halides is 5. The maximum Gasteiger partial charge on any atom is 0.456 e. The Bertz CT molecular complexity index is 445. The van der Waals surface area contributed by atoms with E-state index in [1.165, 1.54) is 0 Å². The van der Waals surface area contributed by atoms with Gasteiger partial charge in [0.1, 0.15) is 0 Å². The van der Waals surface area contributed by atoms with Crippen LogP contribution in [0.5, 0.6) is 12.0 Å². The molecule has 0 aromatic carbocycles. The van der Waals surface area contributed by atoms with Gasteiger partial charge in [-0.1, -0.05) is 0 Å². The number of rotatable bonds is 7. The molecule has 0 atom stereocenters. The third-order valence-electron chi connectivity index (χ3n) is 2.00. The van der Waals surface area contributed by atoms with Gasteiger partial charge >= 0.3 is 24.1 Å². The Morgan fingerprint density at radius 2 is 1.52 bits per heavy atom. The highest BCUT2D eigenvalue weighted by Gasteiger charge is 2.58. The molecule has 1 heterocycles. The second kappa shape index (κ2) is 6.68. The molecule has 0 radical (unpaired) electrons. The zero-order valence-electron chi connectivity index (χ0n) is 11.2. The lowest BCUT2D eigenvalue weighted by Gasteiger charge is -2.19. The molecular weight excluding hydrogens is 303 g/mol. The van der Waals surface area contributed by atoms with E-state index in [1.54, 1.807) is 13.8 Å². The maximum absolute atomic E-state index is 12.7. The second-order valence-electron chi connectivity index (χ2n) is 3.68. The average Bonchev–Trinajstić information content (AvgIpc) is 2.36. The molecule has 0 fully saturated rings. The zero-order chi connectivity index (χ0) is 16.1. The number of halogens is 5. The molecule has 1 aromatic rings. The minimum absolute atomic E-state index is 0.0544. The predicted octanol–water partition coefficient (Wildman–Crippen LogP) is 2.28. The van der Waals surface area contributed by atoms with Gasteiger partial charge in [0.25, 0.3) is 0 Å². The van der Waals surface area contributed by atoms with Crippen LogP contribution in [0.25, 0.3) is 0 Å². The summed E-state index contributed by atoms with van der Waals surface area (Å²) in [5, 5.41) is 2.64. The van der Waals surface area contributed by atoms with Crippen LogP contribution in [-0.2, 0) is 0 Å². The molecule has 0 aliphatic heterocycles. The molecule has 1 rings (SSSR count). The lowest BCUT2D eigenvalue weighted by Crippen LogP contribution is -2.42. The van der Waals surface area contributed by atoms with Crippen LogP contribution in [0.15, 0.2) is 0 Å². The van der Waals surface area contributed by atoms with Crippen molar-refractivity contribution in [3.05, 3.63) is 0 Å². The SMILES string of the molecule is CCNc1nc(OCC)nc(OCC(F)(F)C(F)(F)F)n1. The van der Waals surface area contributed by atoms with Crippen molar-refractivity contribution >= 4 is 5.95 Å². The van der Waals surface area contributed by atoms with Crippen molar-refractivity contribution in [2.45, 2.75) is 25.9 Å². The van der Waals surface area contributed by atoms with Crippen LogP contribution in [0, 0.1) is 0 Å². The third-order valence-corrected chi connectivity index (χ3v) is 2.00. The number of aromatic nitrogens is 3. The average molecular weight is 316 g/mol. The molecule has 0 aliphatic carbocycles. The van der Waals surface area contributed by atoms with Crippen LogP contribution in [0.4, 0.5) is 27.9 Å². The number of hydrogen-bond acceptors (Lipinski definition) is 6. The van der Waals surface area contributed by atoms with E-state index in [1.807, 2.05) is 0 Å². The summed E-state index contributed by atoms with van der Waals surface area (Å²) in [5.74, 6) is -5.06. The lowest BCUT2D eigenvalue weighted by molar-refractivity contribution is -0.290. The quantitative estimate of drug-likeness (QED) is 0.778. The molecule has 0 saturated heterocycles. The van der Waals surface area contributed by atoms with Crippen LogP contribution < -0.4 is 14.8 Å². The highest BCUT2D eigenvalue weighted by Crippen LogP contribution is 2.35. The smallest absolute Gasteiger partial charge is 0.456 e. The van der Waals surface area contributed by atoms with Crippen molar-refractivity contribution in [2.24, 2.45) is 0 Å². The molecule has 1 aromatic heterocycles. The third kappa shape index (κ3) is 4.83. The molecule has 120 valence electrons. The Hall–Kier alpha value is -1.94. The summed E-state index contributed by atoms with van der Waals surface area (Å²) in [6.07, 6.45) is -5.72. The largest absolute Gasteiger partial charge is 0.464 e. The number of nitrogens with zero attached hydrogens (tertiary/aromatic N) is 3. The Kier molecular flexibility index (Phi) is 5.44. The van der Waals surface area contributed by atoms with E-state index < -0.39 is 24.7 Å². The zero-order valence-corrected chi connectivity index (χ0v) is 11.2. The van der Waals surface area contributed by atoms with Crippen LogP contribution in [0.1, 0.15) is 13.8 Å². The molecule has 1 N–H and O–H groups in total. The van der Waals surface area contributed by atoms with Gasteiger partial charge in [0.05, 0.1) is 6.61 Å². The molecule has 0 amide bonds. The molecular formula is C10H13F5N4O2. The first kappa shape index (κ1) is 17.1. The van der Waals surface area contributed by atoms with Gasteiger partial charge in [-0.25, -0.2) is 0 Å². The van der Waals surface area contributed by atoms with Crippen molar-refractivity contribution in [1.82, 2.24) is 15.0 Å². The van der Waals surface area contributed by atoms with Crippen molar-refractivity contribution in [3.8, 4) is 12.0 Å². The second-order valence-corrected chi connectivity index (χ2v) is 3.68. The Morgan fingerprint density at radius 3 is 2.00 bits per heavy atom. The van der Waals surface area contributed by atoms with Crippen molar-refractivity contribution in [3.63, 3.8) is 0 Å². The number of hydrogen-bond donors (Lipinski definition) is 1. The van der Waals surface area contributed by atoms with Crippen LogP contribution in [0.3, 0.4) is 0 Å². The van der Waals surface area contributed by atoms with Crippen molar-refractivity contribution in [2.75, 3.05) is 25.1 Å². The van der Waals surface area contributed by atoms with Crippen molar-refractivity contribution in [1.29, 1.82) is 0 Å². The molecule has 0 saturated carbocycles. The Balaban J connectivity index is 2.87. The Labute approximate surface area is 116 Å². The van der Waals surface area contributed by atoms with E-state index in [0.717, 1.165) is 0 Å². The van der Waals surface area contributed by atoms with Crippen LogP contribution in [0.2, 0.25) is 0 Å². The van der Waals surface area contributed by atoms with Crippen LogP contribution in [-0.4, -0.2) is 46.8 Å². The predicted molar refractivity (Wildman–Crippen MR) is 61.7 cm³/mol. The highest BCUT2D eigenvalue weighted by atomic mass is 19.4. The number of anilines is 1. The summed E-state index contributed by atoms with van der Waals surface area (Å²) in [5.41, 5.74) is 0. The van der Waals surface area contributed by atoms with Gasteiger partial charge in [0.2, 0.25) is 5.95 Å². The lowest BCUT2D eigenvalue weighted by atomic mass is 10.3. The normalized spacial score (nSPS) is 12.1. The molecule has 21 heavy (non-hydrogen) atoms. The first-order chi connectivity index (χ1) is 9.69. The van der Waals surface area contributed by atoms with Crippen molar-refractivity contribution < 1.29 is 31.4 Å².